The van der Waals surface area contributed by atoms with Crippen molar-refractivity contribution in [2.24, 2.45) is 0 Å². The molecule has 0 unspecified atom stereocenters. The molecule has 0 aliphatic carbocycles. The van der Waals surface area contributed by atoms with Gasteiger partial charge < -0.3 is 10.1 Å². The van der Waals surface area contributed by atoms with Crippen LogP contribution in [-0.4, -0.2) is 44.4 Å². The molecule has 0 spiro atoms. The van der Waals surface area contributed by atoms with Gasteiger partial charge in [0.25, 0.3) is 5.91 Å². The number of nitrogens with one attached hydrogen (secondary N) is 1. The molecule has 1 atom stereocenters. The fourth-order valence-corrected chi connectivity index (χ4v) is 4.95. The highest BCUT2D eigenvalue weighted by Gasteiger charge is 2.35. The maximum absolute atomic E-state index is 12.9. The van der Waals surface area contributed by atoms with Crippen LogP contribution in [0.15, 0.2) is 59.5 Å². The normalized spacial score (nSPS) is 17.6. The predicted octanol–water partition coefficient (Wildman–Crippen LogP) is 2.67. The first-order valence-corrected chi connectivity index (χ1v) is 10.5. The lowest BCUT2D eigenvalue weighted by atomic mass is 10.2. The van der Waals surface area contributed by atoms with Gasteiger partial charge in [0.15, 0.2) is 0 Å². The summed E-state index contributed by atoms with van der Waals surface area (Å²) in [7, 11) is -3.55. The van der Waals surface area contributed by atoms with Gasteiger partial charge in [-0.1, -0.05) is 18.2 Å². The average molecular weight is 388 g/mol. The van der Waals surface area contributed by atoms with Crippen molar-refractivity contribution >= 4 is 15.9 Å². The van der Waals surface area contributed by atoms with Crippen molar-refractivity contribution in [3.63, 3.8) is 0 Å². The lowest BCUT2D eigenvalue weighted by Gasteiger charge is -2.24. The Kier molecular flexibility index (Phi) is 6.13. The lowest BCUT2D eigenvalue weighted by molar-refractivity contribution is 0.0946. The van der Waals surface area contributed by atoms with Gasteiger partial charge in [-0.25, -0.2) is 8.42 Å². The lowest BCUT2D eigenvalue weighted by Crippen LogP contribution is -2.43. The summed E-state index contributed by atoms with van der Waals surface area (Å²) in [6.07, 6.45) is 1.52. The van der Waals surface area contributed by atoms with Crippen molar-refractivity contribution in [3.8, 4) is 5.75 Å². The van der Waals surface area contributed by atoms with E-state index < -0.39 is 10.0 Å². The van der Waals surface area contributed by atoms with Gasteiger partial charge in [-0.2, -0.15) is 4.31 Å². The Morgan fingerprint density at radius 3 is 2.52 bits per heavy atom. The highest BCUT2D eigenvalue weighted by molar-refractivity contribution is 7.89. The van der Waals surface area contributed by atoms with Crippen molar-refractivity contribution in [3.05, 3.63) is 60.2 Å². The van der Waals surface area contributed by atoms with E-state index in [4.69, 9.17) is 4.74 Å². The fourth-order valence-electron chi connectivity index (χ4n) is 3.24. The number of carbonyl (C=O) groups excluding carboxylic acids is 1. The van der Waals surface area contributed by atoms with Crippen LogP contribution in [0.3, 0.4) is 0 Å². The van der Waals surface area contributed by atoms with Crippen LogP contribution in [-0.2, 0) is 10.0 Å². The molecule has 1 N–H and O–H groups in total. The van der Waals surface area contributed by atoms with Crippen LogP contribution in [0, 0.1) is 0 Å². The first kappa shape index (κ1) is 19.4. The van der Waals surface area contributed by atoms with Crippen LogP contribution < -0.4 is 10.1 Å². The second-order valence-corrected chi connectivity index (χ2v) is 8.28. The summed E-state index contributed by atoms with van der Waals surface area (Å²) in [5, 5.41) is 2.86. The Morgan fingerprint density at radius 2 is 1.85 bits per heavy atom. The maximum Gasteiger partial charge on any atom is 0.251 e. The Morgan fingerprint density at radius 1 is 1.15 bits per heavy atom. The zero-order valence-corrected chi connectivity index (χ0v) is 16.1. The maximum atomic E-state index is 12.9. The number of rotatable bonds is 7. The second-order valence-electron chi connectivity index (χ2n) is 6.39. The van der Waals surface area contributed by atoms with Gasteiger partial charge in [0.05, 0.1) is 11.5 Å². The van der Waals surface area contributed by atoms with Gasteiger partial charge in [-0.05, 0) is 56.2 Å². The molecular formula is C20H24N2O4S. The van der Waals surface area contributed by atoms with E-state index in [-0.39, 0.29) is 23.4 Å². The number of carbonyl (C=O) groups is 1. The quantitative estimate of drug-likeness (QED) is 0.791. The average Bonchev–Trinajstić information content (AvgIpc) is 3.17. The highest BCUT2D eigenvalue weighted by Crippen LogP contribution is 2.25. The Hall–Kier alpha value is -2.38. The molecule has 3 rings (SSSR count). The number of sulfonamides is 1. The number of ether oxygens (including phenoxy) is 1. The first-order valence-electron chi connectivity index (χ1n) is 9.10. The topological polar surface area (TPSA) is 75.7 Å². The monoisotopic (exact) mass is 388 g/mol. The zero-order valence-electron chi connectivity index (χ0n) is 15.3. The van der Waals surface area contributed by atoms with Crippen molar-refractivity contribution < 1.29 is 17.9 Å². The number of nitrogens with zero attached hydrogens (tertiary/aromatic N) is 1. The predicted molar refractivity (Wildman–Crippen MR) is 103 cm³/mol. The summed E-state index contributed by atoms with van der Waals surface area (Å²) >= 11 is 0. The molecule has 2 aromatic carbocycles. The summed E-state index contributed by atoms with van der Waals surface area (Å²) in [4.78, 5) is 12.7. The number of hydrogen-bond donors (Lipinski definition) is 1. The third-order valence-corrected chi connectivity index (χ3v) is 6.56. The molecule has 6 nitrogen and oxygen atoms in total. The largest absolute Gasteiger partial charge is 0.494 e. The van der Waals surface area contributed by atoms with Crippen molar-refractivity contribution in [2.45, 2.75) is 30.7 Å². The summed E-state index contributed by atoms with van der Waals surface area (Å²) < 4.78 is 32.6. The van der Waals surface area contributed by atoms with E-state index in [1.54, 1.807) is 54.6 Å². The van der Waals surface area contributed by atoms with Crippen LogP contribution in [0.5, 0.6) is 5.75 Å². The minimum Gasteiger partial charge on any atom is -0.494 e. The molecule has 0 aromatic heterocycles. The SMILES string of the molecule is CCOc1ccc(C(=O)NC[C@H]2CCCN2S(=O)(=O)c2ccccc2)cc1. The Balaban J connectivity index is 1.64. The van der Waals surface area contributed by atoms with Gasteiger partial charge >= 0.3 is 0 Å². The molecule has 2 aromatic rings. The standard InChI is InChI=1S/C20H24N2O4S/c1-2-26-18-12-10-16(11-13-18)20(23)21-15-17-7-6-14-22(17)27(24,25)19-8-4-3-5-9-19/h3-5,8-13,17H,2,6-7,14-15H2,1H3,(H,21,23)/t17-/m1/s1. The molecule has 1 fully saturated rings. The molecule has 1 amide bonds. The van der Waals surface area contributed by atoms with E-state index in [0.717, 1.165) is 12.8 Å². The van der Waals surface area contributed by atoms with E-state index in [9.17, 15) is 13.2 Å². The van der Waals surface area contributed by atoms with Crippen LogP contribution in [0.4, 0.5) is 0 Å². The summed E-state index contributed by atoms with van der Waals surface area (Å²) in [6.45, 7) is 3.23. The van der Waals surface area contributed by atoms with Gasteiger partial charge in [0.2, 0.25) is 10.0 Å². The van der Waals surface area contributed by atoms with E-state index in [0.29, 0.717) is 24.5 Å². The molecule has 0 bridgehead atoms. The third-order valence-electron chi connectivity index (χ3n) is 4.60. The number of hydrogen-bond acceptors (Lipinski definition) is 4. The number of amides is 1. The molecule has 27 heavy (non-hydrogen) atoms. The van der Waals surface area contributed by atoms with E-state index in [1.165, 1.54) is 4.31 Å². The van der Waals surface area contributed by atoms with Gasteiger partial charge in [0.1, 0.15) is 5.75 Å². The second kappa shape index (κ2) is 8.54. The van der Waals surface area contributed by atoms with E-state index in [2.05, 4.69) is 5.32 Å². The van der Waals surface area contributed by atoms with Crippen LogP contribution >= 0.6 is 0 Å². The van der Waals surface area contributed by atoms with Gasteiger partial charge in [0, 0.05) is 24.7 Å². The van der Waals surface area contributed by atoms with Crippen LogP contribution in [0.1, 0.15) is 30.1 Å². The highest BCUT2D eigenvalue weighted by atomic mass is 32.2. The van der Waals surface area contributed by atoms with Crippen molar-refractivity contribution in [1.82, 2.24) is 9.62 Å². The molecule has 1 heterocycles. The molecule has 7 heteroatoms. The minimum atomic E-state index is -3.55. The summed E-state index contributed by atoms with van der Waals surface area (Å²) in [5.74, 6) is 0.493. The van der Waals surface area contributed by atoms with Gasteiger partial charge in [-0.3, -0.25) is 4.79 Å². The van der Waals surface area contributed by atoms with E-state index in [1.807, 2.05) is 6.92 Å². The third kappa shape index (κ3) is 4.48. The van der Waals surface area contributed by atoms with Crippen LogP contribution in [0.2, 0.25) is 0 Å². The molecule has 1 aliphatic heterocycles. The van der Waals surface area contributed by atoms with Crippen molar-refractivity contribution in [2.75, 3.05) is 19.7 Å². The summed E-state index contributed by atoms with van der Waals surface area (Å²) in [5.41, 5.74) is 0.522. The smallest absolute Gasteiger partial charge is 0.251 e. The van der Waals surface area contributed by atoms with Crippen LogP contribution in [0.25, 0.3) is 0 Å². The molecule has 1 saturated heterocycles. The molecule has 144 valence electrons. The zero-order chi connectivity index (χ0) is 19.3. The van der Waals surface area contributed by atoms with E-state index >= 15 is 0 Å². The van der Waals surface area contributed by atoms with Gasteiger partial charge in [-0.15, -0.1) is 0 Å². The first-order chi connectivity index (χ1) is 13.0. The fraction of sp³-hybridized carbons (Fsp3) is 0.350. The Bertz CT molecular complexity index is 867. The molecule has 1 aliphatic rings. The molecule has 0 saturated carbocycles. The summed E-state index contributed by atoms with van der Waals surface area (Å²) in [6, 6.07) is 15.1. The Labute approximate surface area is 160 Å². The minimum absolute atomic E-state index is 0.220. The molecular weight excluding hydrogens is 364 g/mol. The number of benzene rings is 2. The van der Waals surface area contributed by atoms with Crippen molar-refractivity contribution in [1.29, 1.82) is 0 Å². The molecule has 0 radical (unpaired) electrons.